The molecule has 6 atom stereocenters. The number of aliphatic carboxylic acids is 1. The van der Waals surface area contributed by atoms with Crippen LogP contribution in [-0.2, 0) is 121 Å². The van der Waals surface area contributed by atoms with Crippen LogP contribution in [0.15, 0.2) is 149 Å². The predicted molar refractivity (Wildman–Crippen MR) is 597 cm³/mol. The molecule has 0 saturated carbocycles. The molecule has 35 nitrogen and oxygen atoms in total. The van der Waals surface area contributed by atoms with Crippen molar-refractivity contribution >= 4 is 192 Å². The van der Waals surface area contributed by atoms with Crippen LogP contribution >= 0.6 is 144 Å². The summed E-state index contributed by atoms with van der Waals surface area (Å²) in [6, 6.07) is 35.3. The van der Waals surface area contributed by atoms with E-state index in [9.17, 15) is 58.8 Å². The van der Waals surface area contributed by atoms with E-state index in [2.05, 4.69) is 156 Å². The zero-order valence-corrected chi connectivity index (χ0v) is 102. The normalized spacial score (nSPS) is 15.4. The van der Waals surface area contributed by atoms with Gasteiger partial charge in [0.05, 0.1) is 92.8 Å². The Bertz CT molecular complexity index is 4930. The molecule has 4 aliphatic heterocycles. The van der Waals surface area contributed by atoms with Crippen LogP contribution in [0.4, 0.5) is 19.2 Å². The summed E-state index contributed by atoms with van der Waals surface area (Å²) >= 11 is 14.8. The van der Waals surface area contributed by atoms with Gasteiger partial charge >= 0.3 is 230 Å². The van der Waals surface area contributed by atoms with Gasteiger partial charge in [0.15, 0.2) is 5.78 Å². The van der Waals surface area contributed by atoms with Gasteiger partial charge in [-0.25, -0.2) is 43.7 Å². The summed E-state index contributed by atoms with van der Waals surface area (Å²) < 4.78 is 41.4. The standard InChI is InChI=1S/C41H54N6O6S2.C24H34N4O5S.C17H28N4O5S.C16H24IN2O3.I3.I2.HI/c1-41(2,51)38-43-34(28-54-38)26-46(3)39(49)45-36(16-17-47-18-20-52-21-19-47)37(48)24-32(22-30-10-6-4-7-11-30)14-15-33(23-31-12-8-5-9-13-31)44-40(50)53-27-35-25-42-29-55-35;1-24(2,31)22-25-19(17-34-22)15-27(3)23(30)26-20(9-10-28-11-13-32-14-12-28)21(29)33-16-18-7-5-4-6-8-18;1-17(2,25)15-18-12(11-27-15)10-20(3)16(24)19-13(14(22)23)4-5-21-6-8-26-9-7-21;1-17-18-15(7-8-19-9-11-21-12-10-19)16(20)22-13-14-5-3-2-4-6-14;1-3-2;1-2;/h4-13,25,28-29,32-33,36,51H,14-24,26-27H2,1-3H3,(H,44,50)(H,45,49);4-8,17,20,31H,9-16H2,1-3H3,(H,26,30);11,13,25H,4-10H2,1-3H3,(H,19,24)(H,22,23);2-6,15,18H,7-13H2,1H3;;;1H/q;;;2*-1;;/t32-,33-,36+;20-;13-;15-;;;/m1000.../s1. The molecule has 802 valence electrons. The third-order valence-corrected chi connectivity index (χ3v) is 28.6. The quantitative estimate of drug-likeness (QED) is 0.00568. The number of nitrogens with one attached hydrogen (secondary N) is 5. The molecule has 144 heavy (non-hydrogen) atoms. The number of aliphatic hydroxyl groups is 3. The summed E-state index contributed by atoms with van der Waals surface area (Å²) in [5, 5.41) is 58.6. The monoisotopic (exact) mass is 2860 g/mol. The Morgan fingerprint density at radius 1 is 0.451 bits per heavy atom. The summed E-state index contributed by atoms with van der Waals surface area (Å²) in [5.74, 6) is -1.72. The van der Waals surface area contributed by atoms with Gasteiger partial charge in [-0.2, -0.15) is 0 Å². The minimum atomic E-state index is -1.07. The van der Waals surface area contributed by atoms with Gasteiger partial charge in [-0.15, -0.1) is 69.3 Å². The maximum absolute atomic E-state index is 14.3. The van der Waals surface area contributed by atoms with Crippen molar-refractivity contribution in [3.8, 4) is 0 Å². The van der Waals surface area contributed by atoms with Crippen LogP contribution < -0.4 is 59.5 Å². The van der Waals surface area contributed by atoms with Crippen LogP contribution in [0.5, 0.6) is 0 Å². The fourth-order valence-electron chi connectivity index (χ4n) is 14.9. The SMILES string of the molecule is CN(Cc1csc(C(C)(C)O)n1)C(=O)N[C@@H](CCN1CCOCC1)C(=O)C[C@H](CC[C@H](Cc1ccccc1)NC(=O)OCc1cncs1)Cc1ccccc1.CN(Cc1csc(C(C)(C)O)n1)C(=O)N[C@@H](CCN1CCOCC1)C(=O)O.CN(Cc1csc(C(C)(C)O)n1)C(=O)N[C@@H](CCN1CCOCC1)C(=O)OCc1ccccc1.C[I-]N[C@@H](CCN1CCOCC1)C(=O)OCc1ccccc1.I.II.I[I-]I. The molecule has 0 spiro atoms. The molecule has 46 heteroatoms. The fraction of sp³-hybridized carbons (Fsp3) is 0.551. The predicted octanol–water partition coefficient (Wildman–Crippen LogP) is 8.44. The van der Waals surface area contributed by atoms with Crippen molar-refractivity contribution in [1.29, 1.82) is 0 Å². The number of ether oxygens (including phenoxy) is 7. The van der Waals surface area contributed by atoms with Gasteiger partial charge in [0.25, 0.3) is 0 Å². The van der Waals surface area contributed by atoms with E-state index in [1.165, 1.54) is 60.0 Å². The Kier molecular flexibility index (Phi) is 63.2. The van der Waals surface area contributed by atoms with E-state index >= 15 is 0 Å². The van der Waals surface area contributed by atoms with Crippen molar-refractivity contribution in [3.63, 3.8) is 0 Å². The number of morpholine rings is 4. The minimum absolute atomic E-state index is 0. The molecule has 12 rings (SSSR count). The number of hydrogen-bond donors (Lipinski definition) is 9. The molecule has 0 aliphatic carbocycles. The molecule has 9 N–H and O–H groups in total. The van der Waals surface area contributed by atoms with E-state index < -0.39 is 59.0 Å². The van der Waals surface area contributed by atoms with Crippen LogP contribution in [0.25, 0.3) is 0 Å². The number of thiazole rings is 4. The number of Topliss-reactive ketones (excluding diaryl/α,β-unsaturated/α-hetero) is 1. The second-order valence-electron chi connectivity index (χ2n) is 36.0. The molecule has 4 saturated heterocycles. The van der Waals surface area contributed by atoms with Crippen LogP contribution in [0, 0.1) is 5.92 Å². The molecule has 8 aromatic rings. The zero-order chi connectivity index (χ0) is 104. The molecule has 4 aromatic carbocycles. The maximum atomic E-state index is 14.3. The van der Waals surface area contributed by atoms with Crippen molar-refractivity contribution in [2.75, 3.05) is 157 Å². The number of aromatic nitrogens is 4. The first-order chi connectivity index (χ1) is 68.6. The van der Waals surface area contributed by atoms with E-state index in [1.54, 1.807) is 79.8 Å². The van der Waals surface area contributed by atoms with E-state index in [4.69, 9.17) is 33.2 Å². The summed E-state index contributed by atoms with van der Waals surface area (Å²) in [6.45, 7) is 26.3. The molecule has 4 aromatic heterocycles. The molecule has 8 heterocycles. The Labute approximate surface area is 944 Å². The number of carbonyl (C=O) groups excluding carboxylic acids is 7. The Balaban J connectivity index is 0.000000306. The average Bonchev–Trinajstić information content (AvgIpc) is 1.72. The summed E-state index contributed by atoms with van der Waals surface area (Å²) in [5.41, 5.74) is 4.70. The molecule has 4 aliphatic rings. The molecular formula is C98H141I7N16O19S4-2. The number of ketones is 1. The first-order valence-electron chi connectivity index (χ1n) is 47.2. The van der Waals surface area contributed by atoms with Crippen LogP contribution in [-0.4, -0.2) is 310 Å². The fourth-order valence-corrected chi connectivity index (χ4v) is 19.3. The van der Waals surface area contributed by atoms with Gasteiger partial charge < -0.3 is 80.1 Å². The van der Waals surface area contributed by atoms with Crippen molar-refractivity contribution < 1.29 is 127 Å². The number of carboxylic acids is 1. The van der Waals surface area contributed by atoms with Crippen LogP contribution in [0.2, 0.25) is 0 Å². The van der Waals surface area contributed by atoms with Crippen LogP contribution in [0.3, 0.4) is 0 Å². The van der Waals surface area contributed by atoms with Gasteiger partial charge in [-0.05, 0) is 109 Å². The van der Waals surface area contributed by atoms with E-state index in [0.29, 0.717) is 156 Å². The third-order valence-electron chi connectivity index (χ3n) is 22.9. The first-order valence-corrected chi connectivity index (χ1v) is 72.8. The van der Waals surface area contributed by atoms with E-state index in [-0.39, 0.29) is 127 Å². The van der Waals surface area contributed by atoms with E-state index in [1.807, 2.05) is 120 Å². The number of rotatable bonds is 46. The number of carboxylic acid groups (broad SMARTS) is 1. The van der Waals surface area contributed by atoms with Crippen LogP contribution in [0.1, 0.15) is 146 Å². The Morgan fingerprint density at radius 3 is 1.13 bits per heavy atom. The second-order valence-corrected chi connectivity index (χ2v) is 57.5. The van der Waals surface area contributed by atoms with Crippen molar-refractivity contribution in [2.45, 2.75) is 186 Å². The van der Waals surface area contributed by atoms with E-state index in [0.717, 1.165) is 106 Å². The Morgan fingerprint density at radius 2 is 0.785 bits per heavy atom. The molecule has 7 amide bonds. The van der Waals surface area contributed by atoms with Gasteiger partial charge in [0, 0.05) is 152 Å². The molecule has 0 unspecified atom stereocenters. The van der Waals surface area contributed by atoms with Crippen molar-refractivity contribution in [2.24, 2.45) is 5.92 Å². The number of urea groups is 3. The first kappa shape index (κ1) is 128. The summed E-state index contributed by atoms with van der Waals surface area (Å²) in [4.78, 5) is 136. The van der Waals surface area contributed by atoms with Crippen molar-refractivity contribution in [1.82, 2.24) is 79.0 Å². The number of benzene rings is 4. The number of nitrogens with zero attached hydrogens (tertiary/aromatic N) is 11. The third kappa shape index (κ3) is 51.5. The number of alkyl halides is 1. The topological polar surface area (TPSA) is 416 Å². The van der Waals surface area contributed by atoms with Gasteiger partial charge in [0.1, 0.15) is 57.1 Å². The van der Waals surface area contributed by atoms with Gasteiger partial charge in [-0.3, -0.25) is 24.5 Å². The average molecular weight is 2860 g/mol. The summed E-state index contributed by atoms with van der Waals surface area (Å²) in [7, 11) is 4.91. The number of halogens is 7. The number of alkyl carbamates (subject to hydrolysis) is 1. The molecule has 4 fully saturated rings. The number of carbonyl (C=O) groups is 8. The number of esters is 2. The number of amides is 7. The zero-order valence-electron chi connectivity index (χ0n) is 83.3. The van der Waals surface area contributed by atoms with Gasteiger partial charge in [0.2, 0.25) is 0 Å². The van der Waals surface area contributed by atoms with Gasteiger partial charge in [-0.1, -0.05) is 91.0 Å². The molecule has 0 bridgehead atoms. The number of hydrogen-bond acceptors (Lipinski definition) is 31. The second kappa shape index (κ2) is 71.2. The Hall–Kier alpha value is -4.81. The summed E-state index contributed by atoms with van der Waals surface area (Å²) in [6.07, 6.45) is 6.08. The molecule has 0 radical (unpaired) electrons. The van der Waals surface area contributed by atoms with Crippen molar-refractivity contribution in [3.05, 3.63) is 208 Å². The molecular weight excluding hydrogens is 2720 g/mol.